The van der Waals surface area contributed by atoms with Crippen LogP contribution in [0.3, 0.4) is 0 Å². The van der Waals surface area contributed by atoms with Gasteiger partial charge in [-0.15, -0.1) is 0 Å². The highest BCUT2D eigenvalue weighted by Gasteiger charge is 2.48. The molecule has 0 saturated carbocycles. The van der Waals surface area contributed by atoms with Crippen LogP contribution >= 0.6 is 11.3 Å². The molecule has 1 saturated heterocycles. The quantitative estimate of drug-likeness (QED) is 0.262. The molecule has 0 radical (unpaired) electrons. The molecule has 0 aliphatic carbocycles. The summed E-state index contributed by atoms with van der Waals surface area (Å²) in [5.74, 6) is -2.31. The van der Waals surface area contributed by atoms with Crippen LogP contribution in [0.4, 0.5) is 9.52 Å². The van der Waals surface area contributed by atoms with Crippen molar-refractivity contribution >= 4 is 44.1 Å². The molecule has 5 rings (SSSR count). The highest BCUT2D eigenvalue weighted by molar-refractivity contribution is 7.22. The summed E-state index contributed by atoms with van der Waals surface area (Å²) in [5.41, 5.74) is 2.56. The van der Waals surface area contributed by atoms with Gasteiger partial charge in [0.25, 0.3) is 5.78 Å². The lowest BCUT2D eigenvalue weighted by Crippen LogP contribution is -2.29. The third kappa shape index (κ3) is 3.27. The van der Waals surface area contributed by atoms with Crippen LogP contribution < -0.4 is 4.90 Å². The van der Waals surface area contributed by atoms with Gasteiger partial charge in [-0.1, -0.05) is 65.4 Å². The molecular formula is C25H17FN2O3S. The lowest BCUT2D eigenvalue weighted by Gasteiger charge is -2.23. The number of hydrogen-bond donors (Lipinski definition) is 1. The molecule has 1 aliphatic heterocycles. The van der Waals surface area contributed by atoms with Crippen LogP contribution in [0, 0.1) is 12.7 Å². The number of para-hydroxylation sites is 1. The van der Waals surface area contributed by atoms with Crippen molar-refractivity contribution in [2.75, 3.05) is 4.90 Å². The Morgan fingerprint density at radius 1 is 1.00 bits per heavy atom. The Balaban J connectivity index is 1.73. The molecule has 1 aromatic heterocycles. The van der Waals surface area contributed by atoms with Gasteiger partial charge in [-0.25, -0.2) is 9.37 Å². The van der Waals surface area contributed by atoms with Gasteiger partial charge in [0.2, 0.25) is 0 Å². The minimum Gasteiger partial charge on any atom is -0.507 e. The van der Waals surface area contributed by atoms with E-state index in [2.05, 4.69) is 4.98 Å². The molecule has 1 N–H and O–H groups in total. The average Bonchev–Trinajstić information content (AvgIpc) is 3.33. The van der Waals surface area contributed by atoms with Crippen molar-refractivity contribution in [3.05, 3.63) is 101 Å². The second kappa shape index (κ2) is 7.69. The molecule has 7 heteroatoms. The minimum atomic E-state index is -0.933. The number of rotatable bonds is 3. The highest BCUT2D eigenvalue weighted by atomic mass is 32.1. The molecule has 1 unspecified atom stereocenters. The van der Waals surface area contributed by atoms with E-state index in [0.29, 0.717) is 21.8 Å². The van der Waals surface area contributed by atoms with Crippen molar-refractivity contribution in [1.82, 2.24) is 4.98 Å². The number of carbonyl (C=O) groups is 2. The number of thiazole rings is 1. The van der Waals surface area contributed by atoms with E-state index in [0.717, 1.165) is 10.3 Å². The van der Waals surface area contributed by atoms with E-state index in [4.69, 9.17) is 0 Å². The van der Waals surface area contributed by atoms with Gasteiger partial charge in [0.05, 0.1) is 21.8 Å². The number of ketones is 1. The fourth-order valence-corrected chi connectivity index (χ4v) is 4.81. The molecule has 1 amide bonds. The Kier molecular flexibility index (Phi) is 4.83. The predicted molar refractivity (Wildman–Crippen MR) is 122 cm³/mol. The number of aliphatic hydroxyl groups is 1. The SMILES string of the molecule is Cc1ccc(/C(O)=C2\C(=O)C(=O)N(c3nc4ccccc4s3)C2c2ccc(F)cc2)cc1. The number of amides is 1. The second-order valence-electron chi connectivity index (χ2n) is 7.55. The number of aromatic nitrogens is 1. The van der Waals surface area contributed by atoms with E-state index in [1.54, 1.807) is 12.1 Å². The Labute approximate surface area is 187 Å². The molecule has 1 aliphatic rings. The van der Waals surface area contributed by atoms with Gasteiger partial charge in [0.15, 0.2) is 5.13 Å². The van der Waals surface area contributed by atoms with Crippen LogP contribution in [0.2, 0.25) is 0 Å². The van der Waals surface area contributed by atoms with E-state index in [1.807, 2.05) is 43.3 Å². The topological polar surface area (TPSA) is 70.5 Å². The maximum Gasteiger partial charge on any atom is 0.301 e. The Morgan fingerprint density at radius 2 is 1.69 bits per heavy atom. The van der Waals surface area contributed by atoms with Gasteiger partial charge in [-0.2, -0.15) is 0 Å². The molecule has 32 heavy (non-hydrogen) atoms. The molecule has 1 atom stereocenters. The van der Waals surface area contributed by atoms with Crippen molar-refractivity contribution in [2.45, 2.75) is 13.0 Å². The number of Topliss-reactive ketones (excluding diaryl/α,β-unsaturated/α-hetero) is 1. The monoisotopic (exact) mass is 444 g/mol. The van der Waals surface area contributed by atoms with Crippen molar-refractivity contribution in [3.8, 4) is 0 Å². The van der Waals surface area contributed by atoms with Gasteiger partial charge >= 0.3 is 5.91 Å². The fraction of sp³-hybridized carbons (Fsp3) is 0.0800. The van der Waals surface area contributed by atoms with Gasteiger partial charge < -0.3 is 5.11 Å². The number of fused-ring (bicyclic) bond motifs is 1. The summed E-state index contributed by atoms with van der Waals surface area (Å²) in [5, 5.41) is 11.4. The summed E-state index contributed by atoms with van der Waals surface area (Å²) in [4.78, 5) is 32.1. The smallest absolute Gasteiger partial charge is 0.301 e. The van der Waals surface area contributed by atoms with Gasteiger partial charge in [-0.3, -0.25) is 14.5 Å². The molecular weight excluding hydrogens is 427 g/mol. The van der Waals surface area contributed by atoms with Crippen molar-refractivity contribution < 1.29 is 19.1 Å². The van der Waals surface area contributed by atoms with Crippen LogP contribution in [0.15, 0.2) is 78.4 Å². The summed E-state index contributed by atoms with van der Waals surface area (Å²) in [7, 11) is 0. The van der Waals surface area contributed by atoms with Gasteiger partial charge in [0.1, 0.15) is 11.6 Å². The number of anilines is 1. The minimum absolute atomic E-state index is 0.0512. The lowest BCUT2D eigenvalue weighted by atomic mass is 9.95. The molecule has 0 bridgehead atoms. The molecule has 4 aromatic rings. The molecule has 5 nitrogen and oxygen atoms in total. The normalized spacial score (nSPS) is 17.9. The summed E-state index contributed by atoms with van der Waals surface area (Å²) >= 11 is 1.28. The maximum atomic E-state index is 13.6. The zero-order chi connectivity index (χ0) is 22.4. The Bertz CT molecular complexity index is 1360. The van der Waals surface area contributed by atoms with Gasteiger partial charge in [-0.05, 0) is 36.8 Å². The largest absolute Gasteiger partial charge is 0.507 e. The number of carbonyl (C=O) groups excluding carboxylic acids is 2. The third-order valence-electron chi connectivity index (χ3n) is 5.44. The number of halogens is 1. The standard InChI is InChI=1S/C25H17FN2O3S/c1-14-6-8-16(9-7-14)22(29)20-21(15-10-12-17(26)13-11-15)28(24(31)23(20)30)25-27-18-4-2-3-5-19(18)32-25/h2-13,21,29H,1H3/b22-20+. The first-order valence-electron chi connectivity index (χ1n) is 9.93. The number of benzene rings is 3. The summed E-state index contributed by atoms with van der Waals surface area (Å²) in [6, 6.07) is 19.0. The number of aryl methyl sites for hydroxylation is 1. The second-order valence-corrected chi connectivity index (χ2v) is 8.56. The van der Waals surface area contributed by atoms with Crippen molar-refractivity contribution in [1.29, 1.82) is 0 Å². The van der Waals surface area contributed by atoms with E-state index >= 15 is 0 Å². The van der Waals surface area contributed by atoms with Crippen LogP contribution in [0.1, 0.15) is 22.7 Å². The predicted octanol–water partition coefficient (Wildman–Crippen LogP) is 5.37. The zero-order valence-electron chi connectivity index (χ0n) is 16.9. The summed E-state index contributed by atoms with van der Waals surface area (Å²) < 4.78 is 14.5. The van der Waals surface area contributed by atoms with Crippen LogP contribution in [-0.2, 0) is 9.59 Å². The molecule has 3 aromatic carbocycles. The summed E-state index contributed by atoms with van der Waals surface area (Å²) in [6.45, 7) is 1.91. The van der Waals surface area contributed by atoms with Crippen LogP contribution in [0.5, 0.6) is 0 Å². The van der Waals surface area contributed by atoms with Gasteiger partial charge in [0, 0.05) is 5.56 Å². The van der Waals surface area contributed by atoms with Crippen LogP contribution in [-0.4, -0.2) is 21.8 Å². The first-order valence-corrected chi connectivity index (χ1v) is 10.7. The fourth-order valence-electron chi connectivity index (χ4n) is 3.82. The Hall–Kier alpha value is -3.84. The summed E-state index contributed by atoms with van der Waals surface area (Å²) in [6.07, 6.45) is 0. The van der Waals surface area contributed by atoms with E-state index < -0.39 is 23.5 Å². The number of nitrogens with zero attached hydrogens (tertiary/aromatic N) is 2. The van der Waals surface area contributed by atoms with E-state index in [1.165, 1.54) is 40.5 Å². The Morgan fingerprint density at radius 3 is 2.38 bits per heavy atom. The zero-order valence-corrected chi connectivity index (χ0v) is 17.8. The molecule has 2 heterocycles. The van der Waals surface area contributed by atoms with Crippen molar-refractivity contribution in [3.63, 3.8) is 0 Å². The molecule has 158 valence electrons. The first-order chi connectivity index (χ1) is 15.4. The van der Waals surface area contributed by atoms with Crippen LogP contribution in [0.25, 0.3) is 16.0 Å². The molecule has 1 fully saturated rings. The number of aliphatic hydroxyl groups excluding tert-OH is 1. The third-order valence-corrected chi connectivity index (χ3v) is 6.48. The van der Waals surface area contributed by atoms with E-state index in [9.17, 15) is 19.1 Å². The lowest BCUT2D eigenvalue weighted by molar-refractivity contribution is -0.132. The first kappa shape index (κ1) is 20.1. The van der Waals surface area contributed by atoms with E-state index in [-0.39, 0.29) is 11.3 Å². The molecule has 0 spiro atoms. The highest BCUT2D eigenvalue weighted by Crippen LogP contribution is 2.44. The average molecular weight is 444 g/mol. The maximum absolute atomic E-state index is 13.6. The van der Waals surface area contributed by atoms with Crippen molar-refractivity contribution in [2.24, 2.45) is 0 Å². The number of hydrogen-bond acceptors (Lipinski definition) is 5.